The van der Waals surface area contributed by atoms with Crippen LogP contribution < -0.4 is 5.56 Å². The highest BCUT2D eigenvalue weighted by Crippen LogP contribution is 2.30. The normalized spacial score (nSPS) is 11.3. The van der Waals surface area contributed by atoms with Gasteiger partial charge in [-0.2, -0.15) is 0 Å². The fourth-order valence-electron chi connectivity index (χ4n) is 3.61. The van der Waals surface area contributed by atoms with Crippen LogP contribution in [-0.4, -0.2) is 35.1 Å². The lowest BCUT2D eigenvalue weighted by molar-refractivity contribution is 0.0695. The van der Waals surface area contributed by atoms with Gasteiger partial charge in [0.2, 0.25) is 0 Å². The summed E-state index contributed by atoms with van der Waals surface area (Å²) < 4.78 is 3.60. The van der Waals surface area contributed by atoms with Gasteiger partial charge in [-0.3, -0.25) is 14.3 Å². The van der Waals surface area contributed by atoms with Crippen LogP contribution in [0.5, 0.6) is 5.75 Å². The van der Waals surface area contributed by atoms with E-state index in [1.54, 1.807) is 30.0 Å². The third-order valence-electron chi connectivity index (χ3n) is 4.98. The Morgan fingerprint density at radius 1 is 1.17 bits per heavy atom. The molecule has 0 aromatic carbocycles. The zero-order valence-electron chi connectivity index (χ0n) is 15.4. The Balaban J connectivity index is 1.68. The third kappa shape index (κ3) is 2.67. The van der Waals surface area contributed by atoms with Gasteiger partial charge in [0.25, 0.3) is 5.56 Å². The number of aromatic hydroxyl groups is 1. The highest BCUT2D eigenvalue weighted by atomic mass is 32.1. The van der Waals surface area contributed by atoms with Crippen molar-refractivity contribution in [1.82, 2.24) is 18.9 Å². The van der Waals surface area contributed by atoms with E-state index in [0.717, 1.165) is 22.5 Å². The summed E-state index contributed by atoms with van der Waals surface area (Å²) in [4.78, 5) is 32.9. The second kappa shape index (κ2) is 6.82. The van der Waals surface area contributed by atoms with E-state index in [-0.39, 0.29) is 12.1 Å². The van der Waals surface area contributed by atoms with Crippen molar-refractivity contribution < 1.29 is 15.0 Å². The maximum Gasteiger partial charge on any atom is 0.341 e. The van der Waals surface area contributed by atoms with Crippen LogP contribution in [0, 0.1) is 0 Å². The molecule has 0 spiro atoms. The monoisotopic (exact) mass is 418 g/mol. The summed E-state index contributed by atoms with van der Waals surface area (Å²) in [6, 6.07) is 9.32. The molecular formula is C21H14N4O4S. The third-order valence-corrected chi connectivity index (χ3v) is 5.91. The molecule has 0 saturated carbocycles. The molecule has 5 heterocycles. The van der Waals surface area contributed by atoms with E-state index in [9.17, 15) is 19.8 Å². The van der Waals surface area contributed by atoms with E-state index in [2.05, 4.69) is 9.97 Å². The first-order chi connectivity index (χ1) is 14.6. The molecule has 0 unspecified atom stereocenters. The maximum atomic E-state index is 12.8. The van der Waals surface area contributed by atoms with Crippen molar-refractivity contribution in [2.24, 2.45) is 0 Å². The summed E-state index contributed by atoms with van der Waals surface area (Å²) >= 11 is 1.17. The van der Waals surface area contributed by atoms with E-state index in [0.29, 0.717) is 10.2 Å². The van der Waals surface area contributed by atoms with Crippen molar-refractivity contribution in [2.75, 3.05) is 0 Å². The first-order valence-corrected chi connectivity index (χ1v) is 9.86. The van der Waals surface area contributed by atoms with Crippen molar-refractivity contribution in [3.05, 3.63) is 82.1 Å². The number of aromatic nitrogens is 4. The standard InChI is InChI=1S/C21H14N4O4S/c26-17-16(21(28)29)18-15(5-9-30-18)25(20(17)27)11-13-10-23-19-14(2-1-8-24(13)19)12-3-6-22-7-4-12/h1-10,26H,11H2,(H,28,29). The molecular weight excluding hydrogens is 404 g/mol. The van der Waals surface area contributed by atoms with Crippen LogP contribution in [0.15, 0.2) is 65.3 Å². The van der Waals surface area contributed by atoms with E-state index in [4.69, 9.17) is 0 Å². The van der Waals surface area contributed by atoms with Crippen molar-refractivity contribution >= 4 is 33.2 Å². The number of thiophene rings is 1. The van der Waals surface area contributed by atoms with E-state index in [1.165, 1.54) is 15.9 Å². The zero-order valence-corrected chi connectivity index (χ0v) is 16.2. The highest BCUT2D eigenvalue weighted by Gasteiger charge is 2.23. The molecule has 5 aromatic heterocycles. The maximum absolute atomic E-state index is 12.8. The Morgan fingerprint density at radius 3 is 2.73 bits per heavy atom. The molecule has 30 heavy (non-hydrogen) atoms. The summed E-state index contributed by atoms with van der Waals surface area (Å²) in [6.07, 6.45) is 6.95. The smallest absolute Gasteiger partial charge is 0.341 e. The van der Waals surface area contributed by atoms with Crippen molar-refractivity contribution in [2.45, 2.75) is 6.54 Å². The first-order valence-electron chi connectivity index (χ1n) is 8.98. The minimum Gasteiger partial charge on any atom is -0.502 e. The fraction of sp³-hybridized carbons (Fsp3) is 0.0476. The minimum absolute atomic E-state index is 0.125. The Kier molecular flexibility index (Phi) is 4.11. The van der Waals surface area contributed by atoms with Crippen LogP contribution in [0.2, 0.25) is 0 Å². The lowest BCUT2D eigenvalue weighted by Gasteiger charge is -2.11. The van der Waals surface area contributed by atoms with Crippen LogP contribution in [0.1, 0.15) is 16.1 Å². The van der Waals surface area contributed by atoms with E-state index < -0.39 is 17.3 Å². The molecule has 0 radical (unpaired) electrons. The lowest BCUT2D eigenvalue weighted by atomic mass is 10.1. The number of pyridine rings is 3. The van der Waals surface area contributed by atoms with Gasteiger partial charge >= 0.3 is 5.97 Å². The molecule has 2 N–H and O–H groups in total. The van der Waals surface area contributed by atoms with Gasteiger partial charge in [-0.15, -0.1) is 11.3 Å². The van der Waals surface area contributed by atoms with Gasteiger partial charge in [-0.25, -0.2) is 9.78 Å². The SMILES string of the molecule is O=C(O)c1c(O)c(=O)n(Cc2cnc3c(-c4ccncc4)cccn23)c2ccsc12. The van der Waals surface area contributed by atoms with Crippen molar-refractivity contribution in [1.29, 1.82) is 0 Å². The molecule has 0 amide bonds. The summed E-state index contributed by atoms with van der Waals surface area (Å²) in [5, 5.41) is 21.4. The molecule has 0 bridgehead atoms. The number of hydrogen-bond acceptors (Lipinski definition) is 6. The first kappa shape index (κ1) is 18.1. The molecule has 0 aliphatic carbocycles. The van der Waals surface area contributed by atoms with Gasteiger partial charge in [0.1, 0.15) is 11.2 Å². The van der Waals surface area contributed by atoms with Gasteiger partial charge in [0.15, 0.2) is 5.75 Å². The molecule has 0 aliphatic heterocycles. The fourth-order valence-corrected chi connectivity index (χ4v) is 4.54. The Bertz CT molecular complexity index is 1480. The molecule has 0 saturated heterocycles. The number of fused-ring (bicyclic) bond motifs is 2. The van der Waals surface area contributed by atoms with Crippen LogP contribution >= 0.6 is 11.3 Å². The molecule has 8 nitrogen and oxygen atoms in total. The molecule has 5 rings (SSSR count). The minimum atomic E-state index is -1.33. The molecule has 9 heteroatoms. The number of hydrogen-bond donors (Lipinski definition) is 2. The highest BCUT2D eigenvalue weighted by molar-refractivity contribution is 7.17. The topological polar surface area (TPSA) is 110 Å². The van der Waals surface area contributed by atoms with Crippen LogP contribution in [0.25, 0.3) is 27.0 Å². The molecule has 5 aromatic rings. The van der Waals surface area contributed by atoms with Crippen LogP contribution in [0.3, 0.4) is 0 Å². The van der Waals surface area contributed by atoms with Gasteiger partial charge in [-0.05, 0) is 41.3 Å². The second-order valence-electron chi connectivity index (χ2n) is 6.66. The van der Waals surface area contributed by atoms with Gasteiger partial charge in [0, 0.05) is 24.2 Å². The predicted octanol–water partition coefficient (Wildman–Crippen LogP) is 3.22. The average Bonchev–Trinajstić information content (AvgIpc) is 3.39. The van der Waals surface area contributed by atoms with Crippen LogP contribution in [0.4, 0.5) is 0 Å². The number of nitrogens with zero attached hydrogens (tertiary/aromatic N) is 4. The average molecular weight is 418 g/mol. The lowest BCUT2D eigenvalue weighted by Crippen LogP contribution is -2.23. The van der Waals surface area contributed by atoms with E-state index in [1.807, 2.05) is 34.9 Å². The number of carboxylic acid groups (broad SMARTS) is 1. The Morgan fingerprint density at radius 2 is 1.97 bits per heavy atom. The Labute approximate surface area is 172 Å². The molecule has 0 fully saturated rings. The van der Waals surface area contributed by atoms with Crippen molar-refractivity contribution in [3.8, 4) is 16.9 Å². The Hall–Kier alpha value is -3.98. The predicted molar refractivity (Wildman–Crippen MR) is 112 cm³/mol. The zero-order chi connectivity index (χ0) is 20.8. The number of imidazole rings is 1. The van der Waals surface area contributed by atoms with Gasteiger partial charge in [0.05, 0.1) is 28.7 Å². The summed E-state index contributed by atoms with van der Waals surface area (Å²) in [7, 11) is 0. The largest absolute Gasteiger partial charge is 0.502 e. The van der Waals surface area contributed by atoms with Gasteiger partial charge in [-0.1, -0.05) is 0 Å². The number of rotatable bonds is 4. The molecule has 0 atom stereocenters. The second-order valence-corrected chi connectivity index (χ2v) is 7.57. The number of aromatic carboxylic acids is 1. The quantitative estimate of drug-likeness (QED) is 0.464. The number of carboxylic acids is 1. The van der Waals surface area contributed by atoms with Crippen molar-refractivity contribution in [3.63, 3.8) is 0 Å². The molecule has 148 valence electrons. The van der Waals surface area contributed by atoms with Crippen LogP contribution in [-0.2, 0) is 6.54 Å². The summed E-state index contributed by atoms with van der Waals surface area (Å²) in [5.74, 6) is -2.09. The molecule has 0 aliphatic rings. The van der Waals surface area contributed by atoms with Gasteiger partial charge < -0.3 is 14.6 Å². The summed E-state index contributed by atoms with van der Waals surface area (Å²) in [6.45, 7) is 0.125. The number of carbonyl (C=O) groups is 1. The van der Waals surface area contributed by atoms with E-state index >= 15 is 0 Å². The summed E-state index contributed by atoms with van der Waals surface area (Å²) in [5.41, 5.74) is 2.67.